The van der Waals surface area contributed by atoms with Crippen LogP contribution in [0.2, 0.25) is 0 Å². The number of benzene rings is 3. The Hall–Kier alpha value is -5.36. The van der Waals surface area contributed by atoms with E-state index in [1.54, 1.807) is 25.4 Å². The summed E-state index contributed by atoms with van der Waals surface area (Å²) in [6.07, 6.45) is 3.21. The van der Waals surface area contributed by atoms with Crippen molar-refractivity contribution in [2.45, 2.75) is 6.92 Å². The Bertz CT molecular complexity index is 1720. The Labute approximate surface area is 247 Å². The first-order chi connectivity index (χ1) is 20.8. The molecule has 3 amide bonds. The number of nitrogens with two attached hydrogens (primary N) is 1. The molecule has 5 N–H and O–H groups in total. The minimum Gasteiger partial charge on any atom is -0.404 e. The van der Waals surface area contributed by atoms with Gasteiger partial charge in [-0.3, -0.25) is 9.79 Å². The molecule has 220 valence electrons. The van der Waals surface area contributed by atoms with E-state index in [1.165, 1.54) is 25.3 Å². The van der Waals surface area contributed by atoms with Gasteiger partial charge in [0, 0.05) is 67.4 Å². The summed E-state index contributed by atoms with van der Waals surface area (Å²) in [5, 5.41) is 8.61. The van der Waals surface area contributed by atoms with Crippen LogP contribution in [0.15, 0.2) is 71.9 Å². The predicted molar refractivity (Wildman–Crippen MR) is 168 cm³/mol. The highest BCUT2D eigenvalue weighted by Gasteiger charge is 2.19. The summed E-state index contributed by atoms with van der Waals surface area (Å²) in [6, 6.07) is 16.5. The van der Waals surface area contributed by atoms with E-state index in [2.05, 4.69) is 25.8 Å². The lowest BCUT2D eigenvalue weighted by Crippen LogP contribution is -2.37. The van der Waals surface area contributed by atoms with E-state index < -0.39 is 17.8 Å². The lowest BCUT2D eigenvalue weighted by molar-refractivity contribution is -0.114. The number of morpholine rings is 1. The van der Waals surface area contributed by atoms with E-state index in [0.29, 0.717) is 37.8 Å². The summed E-state index contributed by atoms with van der Waals surface area (Å²) in [6.45, 7) is 3.93. The van der Waals surface area contributed by atoms with E-state index in [0.717, 1.165) is 39.5 Å². The third kappa shape index (κ3) is 6.93. The van der Waals surface area contributed by atoms with Gasteiger partial charge in [-0.1, -0.05) is 6.07 Å². The number of nitrogens with one attached hydrogen (secondary N) is 3. The number of amides is 3. The molecule has 1 aromatic heterocycles. The van der Waals surface area contributed by atoms with Crippen LogP contribution in [0.25, 0.3) is 27.9 Å². The number of aromatic nitrogens is 2. The number of nitrogens with zero attached hydrogens (tertiary/aromatic N) is 4. The number of aliphatic imine (C=N–C) groups is 1. The van der Waals surface area contributed by atoms with E-state index >= 15 is 0 Å². The molecular formula is C31H31FN8O3. The zero-order valence-electron chi connectivity index (χ0n) is 23.7. The topological polar surface area (TPSA) is 147 Å². The Balaban J connectivity index is 1.39. The summed E-state index contributed by atoms with van der Waals surface area (Å²) < 4.78 is 19.8. The van der Waals surface area contributed by atoms with Crippen LogP contribution in [0.5, 0.6) is 0 Å². The molecule has 1 fully saturated rings. The van der Waals surface area contributed by atoms with Crippen LogP contribution in [-0.4, -0.2) is 61.5 Å². The summed E-state index contributed by atoms with van der Waals surface area (Å²) in [5.74, 6) is 0.289. The number of anilines is 4. The van der Waals surface area contributed by atoms with Crippen molar-refractivity contribution >= 4 is 57.5 Å². The number of hydrogen-bond acceptors (Lipinski definition) is 8. The van der Waals surface area contributed by atoms with Gasteiger partial charge in [0.05, 0.1) is 24.4 Å². The van der Waals surface area contributed by atoms with Crippen LogP contribution < -0.4 is 26.6 Å². The molecular weight excluding hydrogens is 551 g/mol. The summed E-state index contributed by atoms with van der Waals surface area (Å²) in [4.78, 5) is 39.8. The molecule has 0 aliphatic carbocycles. The van der Waals surface area contributed by atoms with Gasteiger partial charge in [0.1, 0.15) is 11.6 Å². The lowest BCUT2D eigenvalue weighted by Gasteiger charge is -2.29. The van der Waals surface area contributed by atoms with Crippen LogP contribution in [0.1, 0.15) is 12.5 Å². The number of urea groups is 1. The number of ether oxygens (including phenoxy) is 1. The summed E-state index contributed by atoms with van der Waals surface area (Å²) in [5.41, 5.74) is 9.81. The van der Waals surface area contributed by atoms with Gasteiger partial charge in [0.2, 0.25) is 5.91 Å². The normalized spacial score (nSPS) is 13.7. The quantitative estimate of drug-likeness (QED) is 0.227. The van der Waals surface area contributed by atoms with Gasteiger partial charge in [0.15, 0.2) is 5.82 Å². The number of rotatable bonds is 7. The molecule has 0 radical (unpaired) electrons. The minimum absolute atomic E-state index is 0.0315. The molecule has 4 aromatic rings. The van der Waals surface area contributed by atoms with Gasteiger partial charge in [-0.25, -0.2) is 19.2 Å². The second-order valence-electron chi connectivity index (χ2n) is 9.74. The van der Waals surface area contributed by atoms with Crippen molar-refractivity contribution in [1.82, 2.24) is 9.97 Å². The highest BCUT2D eigenvalue weighted by Crippen LogP contribution is 2.30. The third-order valence-electron chi connectivity index (χ3n) is 6.71. The van der Waals surface area contributed by atoms with Crippen molar-refractivity contribution < 1.29 is 18.7 Å². The van der Waals surface area contributed by atoms with Crippen molar-refractivity contribution in [2.24, 2.45) is 10.7 Å². The summed E-state index contributed by atoms with van der Waals surface area (Å²) >= 11 is 0. The first-order valence-electron chi connectivity index (χ1n) is 13.6. The Kier molecular flexibility index (Phi) is 8.87. The average molecular weight is 583 g/mol. The largest absolute Gasteiger partial charge is 0.404 e. The summed E-state index contributed by atoms with van der Waals surface area (Å²) in [7, 11) is 1.69. The van der Waals surface area contributed by atoms with Crippen molar-refractivity contribution in [3.63, 3.8) is 0 Å². The van der Waals surface area contributed by atoms with E-state index in [-0.39, 0.29) is 11.4 Å². The van der Waals surface area contributed by atoms with E-state index in [1.807, 2.05) is 30.3 Å². The molecule has 2 heterocycles. The zero-order chi connectivity index (χ0) is 30.3. The van der Waals surface area contributed by atoms with Crippen molar-refractivity contribution in [1.29, 1.82) is 0 Å². The highest BCUT2D eigenvalue weighted by atomic mass is 19.1. The smallest absolute Gasteiger partial charge is 0.323 e. The van der Waals surface area contributed by atoms with Gasteiger partial charge < -0.3 is 31.3 Å². The monoisotopic (exact) mass is 582 g/mol. The molecule has 1 aliphatic rings. The molecule has 5 rings (SSSR count). The second kappa shape index (κ2) is 13.1. The Morgan fingerprint density at radius 1 is 0.977 bits per heavy atom. The van der Waals surface area contributed by atoms with Crippen molar-refractivity contribution in [2.75, 3.05) is 54.2 Å². The number of halogens is 1. The fourth-order valence-corrected chi connectivity index (χ4v) is 4.67. The predicted octanol–water partition coefficient (Wildman–Crippen LogP) is 4.88. The first-order valence-corrected chi connectivity index (χ1v) is 13.6. The number of carbonyl (C=O) groups is 2. The zero-order valence-corrected chi connectivity index (χ0v) is 23.7. The van der Waals surface area contributed by atoms with Gasteiger partial charge >= 0.3 is 6.03 Å². The fraction of sp³-hybridized carbons (Fsp3) is 0.194. The molecule has 1 saturated heterocycles. The second-order valence-corrected chi connectivity index (χ2v) is 9.74. The molecule has 43 heavy (non-hydrogen) atoms. The number of fused-ring (bicyclic) bond motifs is 1. The highest BCUT2D eigenvalue weighted by molar-refractivity contribution is 6.10. The van der Waals surface area contributed by atoms with Crippen LogP contribution >= 0.6 is 0 Å². The molecule has 0 unspecified atom stereocenters. The standard InChI is InChI=1S/C31H31FN8O3/c1-19(41)35-27-10-8-24(16-26(27)32)37-31(42)36-23-6-3-20(4-7-23)29-38-28-15-21(22(17-33)18-34-2)5-9-25(28)30(39-29)40-11-13-43-14-12-40/h3-10,15-18H,11-14,33H2,1-2H3,(H,35,41)(H2,36,37,42). The first kappa shape index (κ1) is 29.1. The fourth-order valence-electron chi connectivity index (χ4n) is 4.67. The van der Waals surface area contributed by atoms with Crippen LogP contribution in [0.3, 0.4) is 0 Å². The minimum atomic E-state index is -0.662. The van der Waals surface area contributed by atoms with Crippen LogP contribution in [0, 0.1) is 5.82 Å². The van der Waals surface area contributed by atoms with Gasteiger partial charge in [0.25, 0.3) is 0 Å². The molecule has 11 nitrogen and oxygen atoms in total. The van der Waals surface area contributed by atoms with E-state index in [9.17, 15) is 14.0 Å². The molecule has 3 aromatic carbocycles. The molecule has 0 bridgehead atoms. The number of carbonyl (C=O) groups excluding carboxylic acids is 2. The van der Waals surface area contributed by atoms with E-state index in [4.69, 9.17) is 20.4 Å². The molecule has 0 spiro atoms. The lowest BCUT2D eigenvalue weighted by atomic mass is 10.0. The SMILES string of the molecule is CN=CC(=CN)c1ccc2c(N3CCOCC3)nc(-c3ccc(NC(=O)Nc4ccc(NC(C)=O)c(F)c4)cc3)nc2c1. The maximum atomic E-state index is 14.2. The maximum Gasteiger partial charge on any atom is 0.323 e. The average Bonchev–Trinajstić information content (AvgIpc) is 3.01. The number of hydrogen-bond donors (Lipinski definition) is 4. The van der Waals surface area contributed by atoms with Crippen molar-refractivity contribution in [3.05, 3.63) is 78.2 Å². The molecule has 0 atom stereocenters. The number of allylic oxidation sites excluding steroid dienone is 1. The Morgan fingerprint density at radius 3 is 2.37 bits per heavy atom. The molecule has 1 aliphatic heterocycles. The Morgan fingerprint density at radius 2 is 1.70 bits per heavy atom. The molecule has 0 saturated carbocycles. The maximum absolute atomic E-state index is 14.2. The molecule has 12 heteroatoms. The van der Waals surface area contributed by atoms with Gasteiger partial charge in [-0.2, -0.15) is 0 Å². The van der Waals surface area contributed by atoms with Crippen LogP contribution in [0.4, 0.5) is 32.1 Å². The van der Waals surface area contributed by atoms with Gasteiger partial charge in [-0.05, 0) is 60.2 Å². The third-order valence-corrected chi connectivity index (χ3v) is 6.71. The van der Waals surface area contributed by atoms with Crippen molar-refractivity contribution in [3.8, 4) is 11.4 Å². The van der Waals surface area contributed by atoms with Gasteiger partial charge in [-0.15, -0.1) is 0 Å². The van der Waals surface area contributed by atoms with Crippen LogP contribution in [-0.2, 0) is 9.53 Å².